The largest absolute Gasteiger partial charge is 2.00 e. The molecule has 0 unspecified atom stereocenters. The molecule has 0 saturated carbocycles. The number of benzene rings is 2. The van der Waals surface area contributed by atoms with Gasteiger partial charge in [-0.1, -0.05) is 77.6 Å². The second-order valence-electron chi connectivity index (χ2n) is 9.06. The maximum Gasteiger partial charge on any atom is 2.00 e. The van der Waals surface area contributed by atoms with Crippen LogP contribution >= 0.6 is 0 Å². The number of unbranched alkanes of at least 4 members (excludes halogenated alkanes) is 4. The van der Waals surface area contributed by atoms with Crippen LogP contribution in [0.5, 0.6) is 0 Å². The molecule has 0 amide bonds. The standard InChI is InChI=1S/2C15H23NO2.Co/c2*1-3-5-11-16(12-6-4-2)14-9-7-13(8-10-14)15(17)18;/h2*7-10H,3-6,11-12H2,1-2H3,(H,17,18);/q;;+2/p-2. The minimum absolute atomic E-state index is 0. The van der Waals surface area contributed by atoms with Crippen LogP contribution in [0.3, 0.4) is 0 Å². The fraction of sp³-hybridized carbons (Fsp3) is 0.533. The molecule has 0 saturated heterocycles. The van der Waals surface area contributed by atoms with E-state index in [9.17, 15) is 19.8 Å². The number of hydrogen-bond donors (Lipinski definition) is 0. The quantitative estimate of drug-likeness (QED) is 0.293. The van der Waals surface area contributed by atoms with Crippen molar-refractivity contribution in [1.29, 1.82) is 0 Å². The Labute approximate surface area is 234 Å². The summed E-state index contributed by atoms with van der Waals surface area (Å²) in [7, 11) is 0. The van der Waals surface area contributed by atoms with Crippen molar-refractivity contribution in [3.63, 3.8) is 0 Å². The van der Waals surface area contributed by atoms with Gasteiger partial charge in [0.2, 0.25) is 0 Å². The van der Waals surface area contributed by atoms with Gasteiger partial charge in [-0.2, -0.15) is 0 Å². The monoisotopic (exact) mass is 555 g/mol. The van der Waals surface area contributed by atoms with Gasteiger partial charge >= 0.3 is 16.8 Å². The zero-order valence-corrected chi connectivity index (χ0v) is 24.0. The molecule has 0 N–H and O–H groups in total. The van der Waals surface area contributed by atoms with E-state index in [1.807, 2.05) is 24.3 Å². The van der Waals surface area contributed by atoms with Gasteiger partial charge < -0.3 is 29.6 Å². The number of rotatable bonds is 16. The smallest absolute Gasteiger partial charge is 0.545 e. The summed E-state index contributed by atoms with van der Waals surface area (Å²) in [6.07, 6.45) is 9.30. The molecule has 0 spiro atoms. The summed E-state index contributed by atoms with van der Waals surface area (Å²) in [6, 6.07) is 14.0. The summed E-state index contributed by atoms with van der Waals surface area (Å²) in [6.45, 7) is 12.8. The zero-order chi connectivity index (χ0) is 26.8. The van der Waals surface area contributed by atoms with Crippen LogP contribution in [0.25, 0.3) is 0 Å². The summed E-state index contributed by atoms with van der Waals surface area (Å²) >= 11 is 0. The van der Waals surface area contributed by atoms with Gasteiger partial charge in [-0.25, -0.2) is 0 Å². The average molecular weight is 556 g/mol. The molecule has 6 nitrogen and oxygen atoms in total. The van der Waals surface area contributed by atoms with Gasteiger partial charge in [0.25, 0.3) is 0 Å². The Morgan fingerprint density at radius 3 is 0.973 bits per heavy atom. The summed E-state index contributed by atoms with van der Waals surface area (Å²) < 4.78 is 0. The van der Waals surface area contributed by atoms with Crippen molar-refractivity contribution in [3.05, 3.63) is 59.7 Å². The van der Waals surface area contributed by atoms with E-state index in [-0.39, 0.29) is 27.9 Å². The first-order valence-corrected chi connectivity index (χ1v) is 13.5. The molecule has 0 heterocycles. The van der Waals surface area contributed by atoms with E-state index < -0.39 is 11.9 Å². The van der Waals surface area contributed by atoms with Gasteiger partial charge in [-0.3, -0.25) is 0 Å². The summed E-state index contributed by atoms with van der Waals surface area (Å²) in [5.74, 6) is -2.23. The van der Waals surface area contributed by atoms with Gasteiger partial charge in [0, 0.05) is 37.6 Å². The van der Waals surface area contributed by atoms with Gasteiger partial charge in [-0.15, -0.1) is 0 Å². The number of hydrogen-bond acceptors (Lipinski definition) is 6. The van der Waals surface area contributed by atoms with Gasteiger partial charge in [-0.05, 0) is 61.1 Å². The van der Waals surface area contributed by atoms with Crippen LogP contribution in [-0.2, 0) is 16.8 Å². The molecule has 0 bridgehead atoms. The number of carbonyl (C=O) groups is 2. The van der Waals surface area contributed by atoms with Gasteiger partial charge in [0.1, 0.15) is 0 Å². The second kappa shape index (κ2) is 20.5. The molecular formula is C30H44CoN2O4. The predicted octanol–water partition coefficient (Wildman–Crippen LogP) is 4.91. The Bertz CT molecular complexity index is 783. The summed E-state index contributed by atoms with van der Waals surface area (Å²) in [4.78, 5) is 26.1. The maximum absolute atomic E-state index is 10.7. The van der Waals surface area contributed by atoms with Crippen LogP contribution in [0.15, 0.2) is 48.5 Å². The molecule has 0 atom stereocenters. The number of nitrogens with zero attached hydrogens (tertiary/aromatic N) is 2. The van der Waals surface area contributed by atoms with Crippen molar-refractivity contribution in [2.24, 2.45) is 0 Å². The van der Waals surface area contributed by atoms with Crippen LogP contribution in [0.2, 0.25) is 0 Å². The first-order valence-electron chi connectivity index (χ1n) is 13.5. The maximum atomic E-state index is 10.7. The topological polar surface area (TPSA) is 86.7 Å². The van der Waals surface area contributed by atoms with Crippen molar-refractivity contribution >= 4 is 23.3 Å². The summed E-state index contributed by atoms with van der Waals surface area (Å²) in [5, 5.41) is 21.4. The molecule has 1 radical (unpaired) electrons. The fourth-order valence-electron chi connectivity index (χ4n) is 3.75. The molecule has 0 aliphatic heterocycles. The van der Waals surface area contributed by atoms with Crippen LogP contribution in [-0.4, -0.2) is 38.1 Å². The normalized spacial score (nSPS) is 10.1. The van der Waals surface area contributed by atoms with Crippen molar-refractivity contribution in [3.8, 4) is 0 Å². The Morgan fingerprint density at radius 2 is 0.784 bits per heavy atom. The predicted molar refractivity (Wildman–Crippen MR) is 146 cm³/mol. The molecule has 0 aliphatic carbocycles. The number of carboxylic acids is 2. The molecule has 2 aromatic rings. The molecule has 2 rings (SSSR count). The molecule has 0 aliphatic rings. The minimum atomic E-state index is -1.12. The van der Waals surface area contributed by atoms with Crippen LogP contribution < -0.4 is 20.0 Å². The van der Waals surface area contributed by atoms with Crippen molar-refractivity contribution in [2.75, 3.05) is 36.0 Å². The SMILES string of the molecule is CCCCN(CCCC)c1ccc(C(=O)[O-])cc1.CCCCN(CCCC)c1ccc(C(=O)[O-])cc1.[Co+2]. The van der Waals surface area contributed by atoms with Crippen molar-refractivity contribution in [2.45, 2.75) is 79.1 Å². The molecular weight excluding hydrogens is 511 g/mol. The third kappa shape index (κ3) is 13.6. The summed E-state index contributed by atoms with van der Waals surface area (Å²) in [5.41, 5.74) is 2.68. The van der Waals surface area contributed by atoms with Crippen LogP contribution in [0.1, 0.15) is 99.8 Å². The minimum Gasteiger partial charge on any atom is -0.545 e. The van der Waals surface area contributed by atoms with E-state index in [1.54, 1.807) is 24.3 Å². The Balaban J connectivity index is 0.000000682. The van der Waals surface area contributed by atoms with E-state index >= 15 is 0 Å². The number of anilines is 2. The Hall–Kier alpha value is -2.51. The molecule has 37 heavy (non-hydrogen) atoms. The zero-order valence-electron chi connectivity index (χ0n) is 23.0. The third-order valence-corrected chi connectivity index (χ3v) is 6.06. The number of carbonyl (C=O) groups excluding carboxylic acids is 2. The molecule has 2 aromatic carbocycles. The van der Waals surface area contributed by atoms with Gasteiger partial charge in [0.15, 0.2) is 0 Å². The molecule has 207 valence electrons. The van der Waals surface area contributed by atoms with Crippen molar-refractivity contribution in [1.82, 2.24) is 0 Å². The fourth-order valence-corrected chi connectivity index (χ4v) is 3.75. The molecule has 7 heteroatoms. The molecule has 0 aromatic heterocycles. The van der Waals surface area contributed by atoms with Crippen LogP contribution in [0, 0.1) is 0 Å². The first kappa shape index (κ1) is 34.5. The Kier molecular flexibility index (Phi) is 19.1. The number of carboxylic acid groups (broad SMARTS) is 2. The second-order valence-corrected chi connectivity index (χ2v) is 9.06. The third-order valence-electron chi connectivity index (χ3n) is 6.06. The number of aromatic carboxylic acids is 2. The average Bonchev–Trinajstić information content (AvgIpc) is 2.89. The van der Waals surface area contributed by atoms with Crippen LogP contribution in [0.4, 0.5) is 11.4 Å². The first-order chi connectivity index (χ1) is 17.4. The van der Waals surface area contributed by atoms with Gasteiger partial charge in [0.05, 0.1) is 11.9 Å². The van der Waals surface area contributed by atoms with E-state index in [2.05, 4.69) is 37.5 Å². The van der Waals surface area contributed by atoms with E-state index in [0.717, 1.165) is 63.2 Å². The Morgan fingerprint density at radius 1 is 0.541 bits per heavy atom. The van der Waals surface area contributed by atoms with Crippen molar-refractivity contribution < 1.29 is 36.6 Å². The van der Waals surface area contributed by atoms with E-state index in [0.29, 0.717) is 0 Å². The molecule has 0 fully saturated rings. The van der Waals surface area contributed by atoms with E-state index in [4.69, 9.17) is 0 Å². The van der Waals surface area contributed by atoms with E-state index in [1.165, 1.54) is 25.7 Å².